The molecule has 0 saturated heterocycles. The lowest BCUT2D eigenvalue weighted by Crippen LogP contribution is -2.26. The molecule has 0 amide bonds. The number of thiophene rings is 1. The lowest BCUT2D eigenvalue weighted by atomic mass is 10.3. The number of carbonyl (C=O) groups is 1. The molecule has 0 aliphatic rings. The van der Waals surface area contributed by atoms with E-state index in [0.717, 1.165) is 5.69 Å². The third-order valence-electron chi connectivity index (χ3n) is 1.46. The Bertz CT molecular complexity index is 251. The van der Waals surface area contributed by atoms with Crippen LogP contribution in [-0.4, -0.2) is 19.1 Å². The maximum atomic E-state index is 11.0. The second kappa shape index (κ2) is 5.83. The third kappa shape index (κ3) is 3.65. The minimum atomic E-state index is -0.287. The smallest absolute Gasteiger partial charge is 0.327 e. The summed E-state index contributed by atoms with van der Waals surface area (Å²) in [6, 6.07) is 1.63. The fourth-order valence-corrected chi connectivity index (χ4v) is 1.43. The van der Waals surface area contributed by atoms with Crippen molar-refractivity contribution in [2.24, 2.45) is 0 Å². The van der Waals surface area contributed by atoms with Gasteiger partial charge < -0.3 is 10.1 Å². The van der Waals surface area contributed by atoms with Crippen LogP contribution in [0.2, 0.25) is 0 Å². The number of esters is 1. The van der Waals surface area contributed by atoms with Gasteiger partial charge in [-0.3, -0.25) is 0 Å². The largest absolute Gasteiger partial charge is 0.467 e. The number of methoxy groups -OCH3 is 1. The highest BCUT2D eigenvalue weighted by Gasteiger charge is 2.11. The predicted molar refractivity (Wildman–Crippen MR) is 56.7 cm³/mol. The van der Waals surface area contributed by atoms with E-state index >= 15 is 0 Å². The highest BCUT2D eigenvalue weighted by molar-refractivity contribution is 7.08. The summed E-state index contributed by atoms with van der Waals surface area (Å²) < 4.78 is 4.56. The highest BCUT2D eigenvalue weighted by Crippen LogP contribution is 2.12. The van der Waals surface area contributed by atoms with Gasteiger partial charge in [0.1, 0.15) is 6.04 Å². The van der Waals surface area contributed by atoms with E-state index in [2.05, 4.69) is 10.1 Å². The van der Waals surface area contributed by atoms with Crippen molar-refractivity contribution in [3.63, 3.8) is 0 Å². The van der Waals surface area contributed by atoms with Crippen molar-refractivity contribution in [2.45, 2.75) is 13.0 Å². The molecule has 1 rings (SSSR count). The molecule has 1 heterocycles. The Balaban J connectivity index is 0.00000144. The van der Waals surface area contributed by atoms with Crippen LogP contribution in [0.15, 0.2) is 16.8 Å². The van der Waals surface area contributed by atoms with Gasteiger partial charge in [-0.15, -0.1) is 12.4 Å². The van der Waals surface area contributed by atoms with Gasteiger partial charge in [0.15, 0.2) is 0 Å². The van der Waals surface area contributed by atoms with Crippen molar-refractivity contribution in [3.8, 4) is 0 Å². The number of hydrogen-bond donors (Lipinski definition) is 1. The summed E-state index contributed by atoms with van der Waals surface area (Å²) >= 11 is 1.59. The van der Waals surface area contributed by atoms with Crippen molar-refractivity contribution in [2.75, 3.05) is 12.4 Å². The molecule has 0 unspecified atom stereocenters. The maximum Gasteiger partial charge on any atom is 0.327 e. The predicted octanol–water partition coefficient (Wildman–Crippen LogP) is 2.14. The van der Waals surface area contributed by atoms with E-state index in [1.807, 2.05) is 16.8 Å². The van der Waals surface area contributed by atoms with E-state index in [0.29, 0.717) is 0 Å². The molecule has 0 aliphatic carbocycles. The molecule has 0 spiro atoms. The SMILES string of the molecule is COC(=O)[C@H](C)Nc1ccsc1.Cl. The van der Waals surface area contributed by atoms with Gasteiger partial charge >= 0.3 is 5.97 Å². The summed E-state index contributed by atoms with van der Waals surface area (Å²) in [6.45, 7) is 1.77. The number of rotatable bonds is 3. The zero-order valence-electron chi connectivity index (χ0n) is 7.44. The van der Waals surface area contributed by atoms with Crippen LogP contribution in [0.1, 0.15) is 6.92 Å². The second-order valence-electron chi connectivity index (χ2n) is 2.40. The summed E-state index contributed by atoms with van der Waals surface area (Å²) in [7, 11) is 1.38. The molecule has 0 aliphatic heterocycles. The van der Waals surface area contributed by atoms with Crippen molar-refractivity contribution in [1.29, 1.82) is 0 Å². The molecule has 1 aromatic heterocycles. The van der Waals surface area contributed by atoms with Gasteiger partial charge in [-0.2, -0.15) is 11.3 Å². The van der Waals surface area contributed by atoms with Crippen LogP contribution in [0.4, 0.5) is 5.69 Å². The Labute approximate surface area is 87.5 Å². The summed E-state index contributed by atoms with van der Waals surface area (Å²) in [5, 5.41) is 6.90. The van der Waals surface area contributed by atoms with Gasteiger partial charge in [-0.25, -0.2) is 4.79 Å². The summed E-state index contributed by atoms with van der Waals surface area (Å²) in [5.41, 5.74) is 0.956. The summed E-state index contributed by atoms with van der Waals surface area (Å²) in [6.07, 6.45) is 0. The van der Waals surface area contributed by atoms with E-state index in [-0.39, 0.29) is 24.4 Å². The number of nitrogens with one attached hydrogen (secondary N) is 1. The Morgan fingerprint density at radius 2 is 2.38 bits per heavy atom. The monoisotopic (exact) mass is 221 g/mol. The number of hydrogen-bond acceptors (Lipinski definition) is 4. The van der Waals surface area contributed by atoms with Crippen LogP contribution in [0.5, 0.6) is 0 Å². The molecular formula is C8H12ClNO2S. The zero-order chi connectivity index (χ0) is 8.97. The van der Waals surface area contributed by atoms with Gasteiger partial charge in [0.05, 0.1) is 7.11 Å². The van der Waals surface area contributed by atoms with Crippen LogP contribution >= 0.6 is 23.7 Å². The second-order valence-corrected chi connectivity index (χ2v) is 3.18. The van der Waals surface area contributed by atoms with E-state index in [9.17, 15) is 4.79 Å². The minimum absolute atomic E-state index is 0. The van der Waals surface area contributed by atoms with Crippen LogP contribution in [0.25, 0.3) is 0 Å². The molecule has 5 heteroatoms. The molecule has 13 heavy (non-hydrogen) atoms. The molecule has 1 aromatic rings. The Hall–Kier alpha value is -0.740. The zero-order valence-corrected chi connectivity index (χ0v) is 9.08. The van der Waals surface area contributed by atoms with Crippen LogP contribution < -0.4 is 5.32 Å². The fraction of sp³-hybridized carbons (Fsp3) is 0.375. The first kappa shape index (κ1) is 12.3. The van der Waals surface area contributed by atoms with Crippen molar-refractivity contribution in [3.05, 3.63) is 16.8 Å². The van der Waals surface area contributed by atoms with Gasteiger partial charge in [0, 0.05) is 11.1 Å². The number of halogens is 1. The third-order valence-corrected chi connectivity index (χ3v) is 2.14. The van der Waals surface area contributed by atoms with Gasteiger partial charge in [0.2, 0.25) is 0 Å². The summed E-state index contributed by atoms with van der Waals surface area (Å²) in [4.78, 5) is 11.0. The molecule has 0 fully saturated rings. The first-order chi connectivity index (χ1) is 5.74. The quantitative estimate of drug-likeness (QED) is 0.795. The van der Waals surface area contributed by atoms with Gasteiger partial charge in [0.25, 0.3) is 0 Å². The van der Waals surface area contributed by atoms with E-state index in [4.69, 9.17) is 0 Å². The lowest BCUT2D eigenvalue weighted by molar-refractivity contribution is -0.141. The molecule has 0 bridgehead atoms. The average molecular weight is 222 g/mol. The molecule has 3 nitrogen and oxygen atoms in total. The van der Waals surface area contributed by atoms with E-state index in [1.54, 1.807) is 18.3 Å². The van der Waals surface area contributed by atoms with E-state index < -0.39 is 0 Å². The molecule has 0 radical (unpaired) electrons. The maximum absolute atomic E-state index is 11.0. The number of ether oxygens (including phenoxy) is 1. The van der Waals surface area contributed by atoms with Crippen molar-refractivity contribution in [1.82, 2.24) is 0 Å². The molecule has 1 atom stereocenters. The Morgan fingerprint density at radius 3 is 2.85 bits per heavy atom. The normalized spacial score (nSPS) is 11.2. The molecule has 74 valence electrons. The fourth-order valence-electron chi connectivity index (χ4n) is 0.832. The standard InChI is InChI=1S/C8H11NO2S.ClH/c1-6(8(10)11-2)9-7-3-4-12-5-7;/h3-6,9H,1-2H3;1H/t6-;/m0./s1. The van der Waals surface area contributed by atoms with Gasteiger partial charge in [-0.05, 0) is 18.4 Å². The molecule has 1 N–H and O–H groups in total. The van der Waals surface area contributed by atoms with Crippen LogP contribution in [-0.2, 0) is 9.53 Å². The molecule has 0 saturated carbocycles. The minimum Gasteiger partial charge on any atom is -0.467 e. The van der Waals surface area contributed by atoms with Crippen molar-refractivity contribution >= 4 is 35.4 Å². The first-order valence-corrected chi connectivity index (χ1v) is 4.55. The lowest BCUT2D eigenvalue weighted by Gasteiger charge is -2.10. The highest BCUT2D eigenvalue weighted by atomic mass is 35.5. The summed E-state index contributed by atoms with van der Waals surface area (Å²) in [5.74, 6) is -0.249. The van der Waals surface area contributed by atoms with Crippen LogP contribution in [0.3, 0.4) is 0 Å². The Kier molecular flexibility index (Phi) is 5.50. The van der Waals surface area contributed by atoms with E-state index in [1.165, 1.54) is 7.11 Å². The number of carbonyl (C=O) groups excluding carboxylic acids is 1. The Morgan fingerprint density at radius 1 is 1.69 bits per heavy atom. The number of anilines is 1. The van der Waals surface area contributed by atoms with Crippen LogP contribution in [0, 0.1) is 0 Å². The van der Waals surface area contributed by atoms with Gasteiger partial charge in [-0.1, -0.05) is 0 Å². The topological polar surface area (TPSA) is 38.3 Å². The molecule has 0 aromatic carbocycles. The first-order valence-electron chi connectivity index (χ1n) is 3.60. The average Bonchev–Trinajstić information content (AvgIpc) is 2.55. The van der Waals surface area contributed by atoms with Crippen molar-refractivity contribution < 1.29 is 9.53 Å². The molecular weight excluding hydrogens is 210 g/mol.